The van der Waals surface area contributed by atoms with Crippen LogP contribution in [0.5, 0.6) is 5.75 Å². The minimum absolute atomic E-state index is 0.256. The van der Waals surface area contributed by atoms with Crippen molar-refractivity contribution in [2.24, 2.45) is 17.8 Å². The SMILES string of the molecule is C/C=C/C1CCC2CC(c3ccc(-c4ccc(OC(F)F)c(F)c4)c(F)c3)CCC2C1. The normalized spacial score (nSPS) is 26.3. The number of hydrogen-bond donors (Lipinski definition) is 0. The number of allylic oxidation sites excluding steroid dienone is 2. The second-order valence-electron chi connectivity index (χ2n) is 8.89. The van der Waals surface area contributed by atoms with Crippen molar-refractivity contribution < 1.29 is 22.3 Å². The zero-order valence-electron chi connectivity index (χ0n) is 17.7. The van der Waals surface area contributed by atoms with Crippen LogP contribution in [0.3, 0.4) is 0 Å². The molecule has 166 valence electrons. The van der Waals surface area contributed by atoms with Crippen LogP contribution in [-0.2, 0) is 0 Å². The highest BCUT2D eigenvalue weighted by atomic mass is 19.3. The number of benzene rings is 2. The van der Waals surface area contributed by atoms with Crippen LogP contribution < -0.4 is 4.74 Å². The van der Waals surface area contributed by atoms with Gasteiger partial charge in [-0.2, -0.15) is 8.78 Å². The molecule has 2 saturated carbocycles. The number of fused-ring (bicyclic) bond motifs is 1. The molecule has 2 aromatic rings. The summed E-state index contributed by atoms with van der Waals surface area (Å²) in [6, 6.07) is 8.69. The molecule has 2 aliphatic carbocycles. The maximum atomic E-state index is 14.9. The van der Waals surface area contributed by atoms with Gasteiger partial charge in [-0.1, -0.05) is 30.4 Å². The average Bonchev–Trinajstić information content (AvgIpc) is 2.75. The summed E-state index contributed by atoms with van der Waals surface area (Å²) in [6.07, 6.45) is 11.6. The predicted octanol–water partition coefficient (Wildman–Crippen LogP) is 8.11. The third kappa shape index (κ3) is 4.97. The van der Waals surface area contributed by atoms with Crippen molar-refractivity contribution in [1.82, 2.24) is 0 Å². The Hall–Kier alpha value is -2.30. The molecule has 0 saturated heterocycles. The van der Waals surface area contributed by atoms with Gasteiger partial charge >= 0.3 is 6.61 Å². The minimum Gasteiger partial charge on any atom is -0.432 e. The van der Waals surface area contributed by atoms with E-state index in [0.29, 0.717) is 23.3 Å². The second-order valence-corrected chi connectivity index (χ2v) is 8.89. The molecule has 0 spiro atoms. The molecule has 4 unspecified atom stereocenters. The summed E-state index contributed by atoms with van der Waals surface area (Å²) < 4.78 is 57.7. The van der Waals surface area contributed by atoms with Crippen LogP contribution >= 0.6 is 0 Å². The molecule has 0 bridgehead atoms. The highest BCUT2D eigenvalue weighted by molar-refractivity contribution is 5.65. The lowest BCUT2D eigenvalue weighted by Crippen LogP contribution is -2.30. The molecular weight excluding hydrogens is 404 g/mol. The third-order valence-corrected chi connectivity index (χ3v) is 7.04. The molecule has 0 aliphatic heterocycles. The van der Waals surface area contributed by atoms with E-state index in [2.05, 4.69) is 23.8 Å². The van der Waals surface area contributed by atoms with Crippen LogP contribution in [0.1, 0.15) is 56.9 Å². The van der Waals surface area contributed by atoms with E-state index in [1.54, 1.807) is 12.1 Å². The van der Waals surface area contributed by atoms with Gasteiger partial charge in [-0.15, -0.1) is 0 Å². The molecule has 5 heteroatoms. The van der Waals surface area contributed by atoms with Crippen LogP contribution in [0, 0.1) is 29.4 Å². The molecular formula is C26H28F4O. The summed E-state index contributed by atoms with van der Waals surface area (Å²) in [4.78, 5) is 0. The zero-order chi connectivity index (χ0) is 22.0. The summed E-state index contributed by atoms with van der Waals surface area (Å²) in [5, 5.41) is 0. The zero-order valence-corrected chi connectivity index (χ0v) is 17.7. The third-order valence-electron chi connectivity index (χ3n) is 7.04. The first kappa shape index (κ1) is 21.9. The summed E-state index contributed by atoms with van der Waals surface area (Å²) in [5.41, 5.74) is 1.55. The Morgan fingerprint density at radius 2 is 1.68 bits per heavy atom. The van der Waals surface area contributed by atoms with Crippen LogP contribution in [0.25, 0.3) is 11.1 Å². The number of halogens is 4. The molecule has 0 aromatic heterocycles. The largest absolute Gasteiger partial charge is 0.432 e. The van der Waals surface area contributed by atoms with Gasteiger partial charge in [-0.05, 0) is 98.4 Å². The van der Waals surface area contributed by atoms with E-state index in [1.165, 1.54) is 31.7 Å². The van der Waals surface area contributed by atoms with E-state index >= 15 is 0 Å². The lowest BCUT2D eigenvalue weighted by molar-refractivity contribution is -0.0521. The highest BCUT2D eigenvalue weighted by Gasteiger charge is 2.35. The maximum absolute atomic E-state index is 14.9. The molecule has 0 amide bonds. The monoisotopic (exact) mass is 432 g/mol. The summed E-state index contributed by atoms with van der Waals surface area (Å²) in [5.74, 6) is 0.633. The Kier molecular flexibility index (Phi) is 6.68. The van der Waals surface area contributed by atoms with Crippen LogP contribution in [0.2, 0.25) is 0 Å². The number of rotatable bonds is 5. The van der Waals surface area contributed by atoms with Crippen LogP contribution in [0.4, 0.5) is 17.6 Å². The van der Waals surface area contributed by atoms with Gasteiger partial charge in [0.25, 0.3) is 0 Å². The fourth-order valence-corrected chi connectivity index (χ4v) is 5.55. The summed E-state index contributed by atoms with van der Waals surface area (Å²) >= 11 is 0. The smallest absolute Gasteiger partial charge is 0.387 e. The van der Waals surface area contributed by atoms with E-state index in [-0.39, 0.29) is 5.56 Å². The standard InChI is InChI=1S/C26H28F4O/c1-2-3-16-4-5-18-13-19(7-6-17(18)12-16)20-8-10-22(23(27)14-20)21-9-11-25(24(28)15-21)31-26(29)30/h2-3,8-11,14-19,26H,4-7,12-13H2,1H3/b3-2+. The minimum atomic E-state index is -3.11. The Morgan fingerprint density at radius 1 is 0.903 bits per heavy atom. The molecule has 0 radical (unpaired) electrons. The first-order valence-electron chi connectivity index (χ1n) is 11.1. The quantitative estimate of drug-likeness (QED) is 0.342. The van der Waals surface area contributed by atoms with Gasteiger partial charge < -0.3 is 4.74 Å². The van der Waals surface area contributed by atoms with Crippen LogP contribution in [-0.4, -0.2) is 6.61 Å². The predicted molar refractivity (Wildman–Crippen MR) is 114 cm³/mol. The summed E-state index contributed by atoms with van der Waals surface area (Å²) in [7, 11) is 0. The topological polar surface area (TPSA) is 9.23 Å². The van der Waals surface area contributed by atoms with Crippen molar-refractivity contribution in [3.63, 3.8) is 0 Å². The van der Waals surface area contributed by atoms with Gasteiger partial charge in [0, 0.05) is 5.56 Å². The van der Waals surface area contributed by atoms with Gasteiger partial charge in [0.1, 0.15) is 5.82 Å². The average molecular weight is 433 g/mol. The first-order valence-corrected chi connectivity index (χ1v) is 11.1. The molecule has 0 N–H and O–H groups in total. The molecule has 4 atom stereocenters. The van der Waals surface area contributed by atoms with E-state index in [1.807, 2.05) is 6.07 Å². The Balaban J connectivity index is 1.47. The number of hydrogen-bond acceptors (Lipinski definition) is 1. The van der Waals surface area contributed by atoms with Gasteiger partial charge in [-0.25, -0.2) is 8.78 Å². The van der Waals surface area contributed by atoms with Gasteiger partial charge in [-0.3, -0.25) is 0 Å². The van der Waals surface area contributed by atoms with Gasteiger partial charge in [0.05, 0.1) is 0 Å². The molecule has 0 heterocycles. The molecule has 2 aromatic carbocycles. The lowest BCUT2D eigenvalue weighted by Gasteiger charge is -2.41. The van der Waals surface area contributed by atoms with Crippen molar-refractivity contribution in [3.8, 4) is 16.9 Å². The first-order chi connectivity index (χ1) is 14.9. The van der Waals surface area contributed by atoms with Crippen molar-refractivity contribution in [3.05, 3.63) is 65.7 Å². The molecule has 2 aliphatic rings. The summed E-state index contributed by atoms with van der Waals surface area (Å²) in [6.45, 7) is -1.02. The molecule has 31 heavy (non-hydrogen) atoms. The van der Waals surface area contributed by atoms with E-state index in [0.717, 1.165) is 36.5 Å². The Bertz CT molecular complexity index is 939. The van der Waals surface area contributed by atoms with Crippen molar-refractivity contribution in [1.29, 1.82) is 0 Å². The fraction of sp³-hybridized carbons (Fsp3) is 0.462. The van der Waals surface area contributed by atoms with Crippen LogP contribution in [0.15, 0.2) is 48.6 Å². The van der Waals surface area contributed by atoms with Gasteiger partial charge in [0.15, 0.2) is 11.6 Å². The Labute approximate surface area is 181 Å². The van der Waals surface area contributed by atoms with E-state index in [4.69, 9.17) is 0 Å². The fourth-order valence-electron chi connectivity index (χ4n) is 5.55. The van der Waals surface area contributed by atoms with E-state index < -0.39 is 24.0 Å². The maximum Gasteiger partial charge on any atom is 0.387 e. The van der Waals surface area contributed by atoms with Crippen molar-refractivity contribution >= 4 is 0 Å². The number of alkyl halides is 2. The molecule has 2 fully saturated rings. The lowest BCUT2D eigenvalue weighted by atomic mass is 9.64. The Morgan fingerprint density at radius 3 is 2.39 bits per heavy atom. The van der Waals surface area contributed by atoms with E-state index in [9.17, 15) is 17.6 Å². The van der Waals surface area contributed by atoms with Crippen molar-refractivity contribution in [2.45, 2.75) is 58.0 Å². The second kappa shape index (κ2) is 9.46. The van der Waals surface area contributed by atoms with Gasteiger partial charge in [0.2, 0.25) is 0 Å². The van der Waals surface area contributed by atoms with Crippen molar-refractivity contribution in [2.75, 3.05) is 0 Å². The molecule has 1 nitrogen and oxygen atoms in total. The number of ether oxygens (including phenoxy) is 1. The molecule has 4 rings (SSSR count). The highest BCUT2D eigenvalue weighted by Crippen LogP contribution is 2.48.